The number of aromatic nitrogens is 2. The van der Waals surface area contributed by atoms with E-state index in [0.29, 0.717) is 6.42 Å². The number of carbonyl (C=O) groups excluding carboxylic acids is 1. The van der Waals surface area contributed by atoms with E-state index in [1.807, 2.05) is 41.0 Å². The van der Waals surface area contributed by atoms with Crippen LogP contribution in [-0.4, -0.2) is 27.1 Å². The van der Waals surface area contributed by atoms with Crippen molar-refractivity contribution in [3.63, 3.8) is 0 Å². The van der Waals surface area contributed by atoms with Crippen LogP contribution in [0.4, 0.5) is 5.69 Å². The lowest BCUT2D eigenvalue weighted by molar-refractivity contribution is -0.117. The van der Waals surface area contributed by atoms with Crippen molar-refractivity contribution in [1.82, 2.24) is 9.78 Å². The molecule has 2 aromatic rings. The summed E-state index contributed by atoms with van der Waals surface area (Å²) in [6, 6.07) is 6.00. The van der Waals surface area contributed by atoms with Crippen molar-refractivity contribution >= 4 is 38.4 Å². The number of alkyl halides is 1. The average molecular weight is 294 g/mol. The highest BCUT2D eigenvalue weighted by Gasteiger charge is 2.28. The Morgan fingerprint density at radius 2 is 2.29 bits per heavy atom. The van der Waals surface area contributed by atoms with Crippen LogP contribution in [0.2, 0.25) is 0 Å². The molecular weight excluding hydrogens is 282 g/mol. The maximum Gasteiger partial charge on any atom is 0.228 e. The molecule has 1 amide bonds. The summed E-state index contributed by atoms with van der Waals surface area (Å²) in [5, 5.41) is 5.30. The zero-order valence-electron chi connectivity index (χ0n) is 9.43. The van der Waals surface area contributed by atoms with Gasteiger partial charge in [-0.1, -0.05) is 15.9 Å². The van der Waals surface area contributed by atoms with Crippen LogP contribution >= 0.6 is 15.9 Å². The van der Waals surface area contributed by atoms with Crippen LogP contribution in [0.3, 0.4) is 0 Å². The lowest BCUT2D eigenvalue weighted by atomic mass is 10.2. The standard InChI is InChI=1S/C12H12BrN3O/c1-15-11-5-10(3-2-8(11)6-14-15)16-7-9(13)4-12(16)17/h2-3,5-6,9H,4,7H2,1H3. The van der Waals surface area contributed by atoms with E-state index in [1.54, 1.807) is 0 Å². The Bertz CT molecular complexity index is 592. The third-order valence-electron chi connectivity index (χ3n) is 3.12. The molecule has 2 heterocycles. The molecule has 1 unspecified atom stereocenters. The highest BCUT2D eigenvalue weighted by Crippen LogP contribution is 2.27. The molecule has 17 heavy (non-hydrogen) atoms. The Morgan fingerprint density at radius 1 is 1.47 bits per heavy atom. The van der Waals surface area contributed by atoms with Gasteiger partial charge in [0.15, 0.2) is 0 Å². The summed E-state index contributed by atoms with van der Waals surface area (Å²) in [4.78, 5) is 13.9. The first kappa shape index (κ1) is 10.8. The molecule has 1 atom stereocenters. The second-order valence-corrected chi connectivity index (χ2v) is 5.61. The van der Waals surface area contributed by atoms with Gasteiger partial charge in [-0.15, -0.1) is 0 Å². The Labute approximate surface area is 107 Å². The first-order chi connectivity index (χ1) is 8.15. The van der Waals surface area contributed by atoms with E-state index in [9.17, 15) is 4.79 Å². The summed E-state index contributed by atoms with van der Waals surface area (Å²) in [5.74, 6) is 0.174. The zero-order valence-corrected chi connectivity index (χ0v) is 11.0. The van der Waals surface area contributed by atoms with Crippen LogP contribution in [0.15, 0.2) is 24.4 Å². The summed E-state index contributed by atoms with van der Waals surface area (Å²) >= 11 is 3.49. The minimum atomic E-state index is 0.174. The van der Waals surface area contributed by atoms with Gasteiger partial charge in [0.1, 0.15) is 0 Å². The number of fused-ring (bicyclic) bond motifs is 1. The normalized spacial score (nSPS) is 20.5. The molecule has 1 saturated heterocycles. The van der Waals surface area contributed by atoms with E-state index in [2.05, 4.69) is 21.0 Å². The summed E-state index contributed by atoms with van der Waals surface area (Å²) in [5.41, 5.74) is 2.00. The van der Waals surface area contributed by atoms with E-state index >= 15 is 0 Å². The largest absolute Gasteiger partial charge is 0.311 e. The van der Waals surface area contributed by atoms with E-state index < -0.39 is 0 Å². The molecule has 3 rings (SSSR count). The van der Waals surface area contributed by atoms with Crippen LogP contribution in [-0.2, 0) is 11.8 Å². The first-order valence-corrected chi connectivity index (χ1v) is 6.43. The molecule has 88 valence electrons. The lowest BCUT2D eigenvalue weighted by Crippen LogP contribution is -2.24. The number of carbonyl (C=O) groups is 1. The maximum absolute atomic E-state index is 11.8. The molecule has 0 spiro atoms. The van der Waals surface area contributed by atoms with Gasteiger partial charge in [0.2, 0.25) is 5.91 Å². The van der Waals surface area contributed by atoms with E-state index in [4.69, 9.17) is 0 Å². The molecule has 1 aliphatic rings. The van der Waals surface area contributed by atoms with Crippen molar-refractivity contribution < 1.29 is 4.79 Å². The van der Waals surface area contributed by atoms with Crippen molar-refractivity contribution in [2.24, 2.45) is 7.05 Å². The number of rotatable bonds is 1. The SMILES string of the molecule is Cn1ncc2ccc(N3CC(Br)CC3=O)cc21. The van der Waals surface area contributed by atoms with Crippen LogP contribution in [0, 0.1) is 0 Å². The van der Waals surface area contributed by atoms with Gasteiger partial charge >= 0.3 is 0 Å². The third-order valence-corrected chi connectivity index (χ3v) is 3.74. The van der Waals surface area contributed by atoms with Crippen molar-refractivity contribution in [3.05, 3.63) is 24.4 Å². The molecule has 0 radical (unpaired) electrons. The van der Waals surface area contributed by atoms with Crippen molar-refractivity contribution in [2.45, 2.75) is 11.2 Å². The topological polar surface area (TPSA) is 38.1 Å². The van der Waals surface area contributed by atoms with Gasteiger partial charge in [0.05, 0.1) is 11.7 Å². The number of hydrogen-bond acceptors (Lipinski definition) is 2. The van der Waals surface area contributed by atoms with Crippen molar-refractivity contribution in [1.29, 1.82) is 0 Å². The van der Waals surface area contributed by atoms with Gasteiger partial charge in [-0.25, -0.2) is 0 Å². The Kier molecular flexibility index (Phi) is 2.43. The number of aryl methyl sites for hydroxylation is 1. The molecule has 1 aromatic heterocycles. The maximum atomic E-state index is 11.8. The zero-order chi connectivity index (χ0) is 12.0. The molecule has 5 heteroatoms. The number of benzene rings is 1. The van der Waals surface area contributed by atoms with Crippen LogP contribution in [0.25, 0.3) is 10.9 Å². The van der Waals surface area contributed by atoms with E-state index in [-0.39, 0.29) is 10.7 Å². The second kappa shape index (κ2) is 3.84. The van der Waals surface area contributed by atoms with Crippen molar-refractivity contribution in [3.8, 4) is 0 Å². The molecular formula is C12H12BrN3O. The fourth-order valence-electron chi connectivity index (χ4n) is 2.21. The summed E-state index contributed by atoms with van der Waals surface area (Å²) in [6.07, 6.45) is 2.40. The van der Waals surface area contributed by atoms with Crippen LogP contribution < -0.4 is 4.90 Å². The van der Waals surface area contributed by atoms with Gasteiger partial charge < -0.3 is 4.90 Å². The van der Waals surface area contributed by atoms with Gasteiger partial charge in [0, 0.05) is 35.9 Å². The summed E-state index contributed by atoms with van der Waals surface area (Å²) < 4.78 is 1.82. The molecule has 0 N–H and O–H groups in total. The smallest absolute Gasteiger partial charge is 0.228 e. The number of hydrogen-bond donors (Lipinski definition) is 0. The van der Waals surface area contributed by atoms with E-state index in [0.717, 1.165) is 23.1 Å². The molecule has 1 aliphatic heterocycles. The fraction of sp³-hybridized carbons (Fsp3) is 0.333. The number of halogens is 1. The first-order valence-electron chi connectivity index (χ1n) is 5.51. The number of amides is 1. The Hall–Kier alpha value is -1.36. The quantitative estimate of drug-likeness (QED) is 0.755. The predicted octanol–water partition coefficient (Wildman–Crippen LogP) is 2.07. The van der Waals surface area contributed by atoms with Crippen LogP contribution in [0.5, 0.6) is 0 Å². The van der Waals surface area contributed by atoms with E-state index in [1.165, 1.54) is 0 Å². The molecule has 1 fully saturated rings. The van der Waals surface area contributed by atoms with Crippen molar-refractivity contribution in [2.75, 3.05) is 11.4 Å². The lowest BCUT2D eigenvalue weighted by Gasteiger charge is -2.16. The van der Waals surface area contributed by atoms with Gasteiger partial charge in [-0.05, 0) is 18.2 Å². The Balaban J connectivity index is 2.06. The molecule has 0 bridgehead atoms. The van der Waals surface area contributed by atoms with Gasteiger partial charge in [0.25, 0.3) is 0 Å². The summed E-state index contributed by atoms with van der Waals surface area (Å²) in [6.45, 7) is 0.738. The monoisotopic (exact) mass is 293 g/mol. The van der Waals surface area contributed by atoms with Crippen LogP contribution in [0.1, 0.15) is 6.42 Å². The highest BCUT2D eigenvalue weighted by molar-refractivity contribution is 9.09. The fourth-order valence-corrected chi connectivity index (χ4v) is 2.78. The minimum absolute atomic E-state index is 0.174. The van der Waals surface area contributed by atoms with Gasteiger partial charge in [-0.3, -0.25) is 9.48 Å². The molecule has 0 aliphatic carbocycles. The molecule has 1 aromatic carbocycles. The number of anilines is 1. The second-order valence-electron chi connectivity index (χ2n) is 4.32. The number of nitrogens with zero attached hydrogens (tertiary/aromatic N) is 3. The van der Waals surface area contributed by atoms with Gasteiger partial charge in [-0.2, -0.15) is 5.10 Å². The average Bonchev–Trinajstić information content (AvgIpc) is 2.83. The minimum Gasteiger partial charge on any atom is -0.311 e. The third kappa shape index (κ3) is 1.74. The molecule has 0 saturated carbocycles. The summed E-state index contributed by atoms with van der Waals surface area (Å²) in [7, 11) is 1.91. The highest BCUT2D eigenvalue weighted by atomic mass is 79.9. The Morgan fingerprint density at radius 3 is 3.00 bits per heavy atom. The molecule has 4 nitrogen and oxygen atoms in total. The predicted molar refractivity (Wildman–Crippen MR) is 70.4 cm³/mol.